The number of aliphatic carboxylic acids is 1. The van der Waals surface area contributed by atoms with Crippen molar-refractivity contribution in [2.24, 2.45) is 50.7 Å². The molecular formula is C30H48O7. The lowest BCUT2D eigenvalue weighted by molar-refractivity contribution is -0.288. The molecule has 0 unspecified atom stereocenters. The zero-order valence-electron chi connectivity index (χ0n) is 23.4. The maximum Gasteiger partial charge on any atom is 0.310 e. The van der Waals surface area contributed by atoms with Gasteiger partial charge < -0.3 is 30.6 Å². The average molecular weight is 521 g/mol. The van der Waals surface area contributed by atoms with Crippen molar-refractivity contribution in [2.45, 2.75) is 110 Å². The molecule has 4 fully saturated rings. The van der Waals surface area contributed by atoms with Gasteiger partial charge >= 0.3 is 5.97 Å². The fourth-order valence-electron chi connectivity index (χ4n) is 10.9. The van der Waals surface area contributed by atoms with Crippen LogP contribution in [0.3, 0.4) is 0 Å². The molecule has 7 nitrogen and oxygen atoms in total. The van der Waals surface area contributed by atoms with Crippen molar-refractivity contribution in [3.05, 3.63) is 11.6 Å². The molecule has 37 heavy (non-hydrogen) atoms. The molecular weight excluding hydrogens is 472 g/mol. The van der Waals surface area contributed by atoms with Crippen LogP contribution in [-0.4, -0.2) is 67.1 Å². The number of carbonyl (C=O) groups is 1. The summed E-state index contributed by atoms with van der Waals surface area (Å²) in [5, 5.41) is 66.4. The largest absolute Gasteiger partial charge is 0.481 e. The van der Waals surface area contributed by atoms with Crippen LogP contribution in [0, 0.1) is 50.7 Å². The Labute approximate surface area is 221 Å². The van der Waals surface area contributed by atoms with Gasteiger partial charge in [0.2, 0.25) is 0 Å². The van der Waals surface area contributed by atoms with Gasteiger partial charge in [-0.3, -0.25) is 4.79 Å². The van der Waals surface area contributed by atoms with Gasteiger partial charge in [0.1, 0.15) is 6.10 Å². The van der Waals surface area contributed by atoms with Crippen molar-refractivity contribution in [3.63, 3.8) is 0 Å². The van der Waals surface area contributed by atoms with Crippen LogP contribution in [0.5, 0.6) is 0 Å². The molecule has 0 bridgehead atoms. The van der Waals surface area contributed by atoms with E-state index < -0.39 is 52.0 Å². The Balaban J connectivity index is 1.67. The summed E-state index contributed by atoms with van der Waals surface area (Å²) < 4.78 is 0. The van der Waals surface area contributed by atoms with E-state index in [4.69, 9.17) is 0 Å². The van der Waals surface area contributed by atoms with Crippen molar-refractivity contribution < 1.29 is 35.4 Å². The molecule has 0 amide bonds. The smallest absolute Gasteiger partial charge is 0.310 e. The Morgan fingerprint density at radius 1 is 0.946 bits per heavy atom. The van der Waals surface area contributed by atoms with Gasteiger partial charge in [0, 0.05) is 16.7 Å². The van der Waals surface area contributed by atoms with Crippen LogP contribution in [0.25, 0.3) is 0 Å². The second-order valence-corrected chi connectivity index (χ2v) is 14.8. The summed E-state index contributed by atoms with van der Waals surface area (Å²) in [5.74, 6) is -1.54. The van der Waals surface area contributed by atoms with Crippen LogP contribution in [0.2, 0.25) is 0 Å². The summed E-state index contributed by atoms with van der Waals surface area (Å²) in [6.07, 6.45) is 3.00. The lowest BCUT2D eigenvalue weighted by Crippen LogP contribution is -2.73. The first-order valence-electron chi connectivity index (χ1n) is 14.3. The normalized spacial score (nSPS) is 59.3. The molecule has 5 aliphatic rings. The third-order valence-corrected chi connectivity index (χ3v) is 13.8. The number of fused-ring (bicyclic) bond motifs is 7. The first-order chi connectivity index (χ1) is 17.0. The minimum Gasteiger partial charge on any atom is -0.481 e. The van der Waals surface area contributed by atoms with Gasteiger partial charge in [-0.1, -0.05) is 46.3 Å². The number of aliphatic hydroxyl groups excluding tert-OH is 4. The molecule has 7 heteroatoms. The summed E-state index contributed by atoms with van der Waals surface area (Å²) >= 11 is 0. The standard InChI is InChI=1S/C30H48O7/c1-16-9-12-30(24(35)36)14-13-26(3)17(21(30)29(16,6)37)7-8-19-27(26,4)11-10-18-25(2,15-31)22(33)20(32)23(34)28(18,19)5/h7,16,18-23,31-34,37H,8-15H2,1-6H3,(H,35,36)/t16-,18-,19-,20+,21-,22+,23+,25+,26-,27-,28+,29-,30+/m1/s1. The van der Waals surface area contributed by atoms with E-state index in [0.717, 1.165) is 12.0 Å². The molecule has 0 heterocycles. The zero-order chi connectivity index (χ0) is 27.6. The number of hydrogen-bond donors (Lipinski definition) is 6. The predicted octanol–water partition coefficient (Wildman–Crippen LogP) is 3.12. The van der Waals surface area contributed by atoms with Gasteiger partial charge in [-0.15, -0.1) is 0 Å². The zero-order valence-corrected chi connectivity index (χ0v) is 23.4. The number of aliphatic hydroxyl groups is 5. The number of carboxylic acid groups (broad SMARTS) is 1. The molecule has 0 aliphatic heterocycles. The topological polar surface area (TPSA) is 138 Å². The summed E-state index contributed by atoms with van der Waals surface area (Å²) in [7, 11) is 0. The molecule has 0 aromatic rings. The lowest BCUT2D eigenvalue weighted by Gasteiger charge is -2.72. The molecule has 0 aromatic carbocycles. The minimum absolute atomic E-state index is 0.0194. The van der Waals surface area contributed by atoms with Crippen LogP contribution in [0.1, 0.15) is 86.5 Å². The molecule has 13 atom stereocenters. The van der Waals surface area contributed by atoms with Gasteiger partial charge in [0.05, 0.1) is 29.8 Å². The van der Waals surface area contributed by atoms with Crippen molar-refractivity contribution >= 4 is 5.97 Å². The van der Waals surface area contributed by atoms with E-state index in [9.17, 15) is 35.4 Å². The van der Waals surface area contributed by atoms with Gasteiger partial charge in [-0.25, -0.2) is 0 Å². The van der Waals surface area contributed by atoms with Crippen LogP contribution in [0.4, 0.5) is 0 Å². The molecule has 0 radical (unpaired) electrons. The van der Waals surface area contributed by atoms with Gasteiger partial charge in [0.15, 0.2) is 0 Å². The van der Waals surface area contributed by atoms with Gasteiger partial charge in [-0.2, -0.15) is 0 Å². The Morgan fingerprint density at radius 2 is 1.59 bits per heavy atom. The maximum atomic E-state index is 12.9. The highest BCUT2D eigenvalue weighted by molar-refractivity contribution is 5.77. The SMILES string of the molecule is C[C@@H]1CC[C@]2(C(=O)O)CC[C@]3(C)C(=CC[C@H]4[C@]5(C)[C@H](CC[C@]43C)[C@](C)(CO)[C@@H](O)[C@H](O)[C@@H]5O)[C@@H]2[C@]1(C)O. The first-order valence-corrected chi connectivity index (χ1v) is 14.3. The Kier molecular flexibility index (Phi) is 5.98. The molecule has 210 valence electrons. The molecule has 6 N–H and O–H groups in total. The van der Waals surface area contributed by atoms with E-state index in [1.165, 1.54) is 0 Å². The van der Waals surface area contributed by atoms with E-state index in [1.807, 2.05) is 27.7 Å². The number of allylic oxidation sites excluding steroid dienone is 1. The first kappa shape index (κ1) is 27.6. The van der Waals surface area contributed by atoms with Crippen molar-refractivity contribution in [2.75, 3.05) is 6.61 Å². The highest BCUT2D eigenvalue weighted by atomic mass is 16.4. The van der Waals surface area contributed by atoms with E-state index >= 15 is 0 Å². The van der Waals surface area contributed by atoms with Crippen molar-refractivity contribution in [1.29, 1.82) is 0 Å². The molecule has 5 rings (SSSR count). The van der Waals surface area contributed by atoms with Crippen LogP contribution in [-0.2, 0) is 4.79 Å². The molecule has 4 saturated carbocycles. The summed E-state index contributed by atoms with van der Waals surface area (Å²) in [6, 6.07) is 0. The maximum absolute atomic E-state index is 12.9. The Bertz CT molecular complexity index is 1010. The minimum atomic E-state index is -1.36. The molecule has 0 aromatic heterocycles. The second-order valence-electron chi connectivity index (χ2n) is 14.8. The highest BCUT2D eigenvalue weighted by Gasteiger charge is 2.73. The van der Waals surface area contributed by atoms with Crippen LogP contribution in [0.15, 0.2) is 11.6 Å². The number of hydrogen-bond acceptors (Lipinski definition) is 6. The van der Waals surface area contributed by atoms with Crippen LogP contribution < -0.4 is 0 Å². The number of carboxylic acids is 1. The number of rotatable bonds is 2. The summed E-state index contributed by atoms with van der Waals surface area (Å²) in [4.78, 5) is 12.9. The average Bonchev–Trinajstić information content (AvgIpc) is 2.84. The molecule has 5 aliphatic carbocycles. The summed E-state index contributed by atoms with van der Waals surface area (Å²) in [5.41, 5.74) is -3.45. The quantitative estimate of drug-likeness (QED) is 0.308. The van der Waals surface area contributed by atoms with Crippen molar-refractivity contribution in [3.8, 4) is 0 Å². The molecule has 0 spiro atoms. The third-order valence-electron chi connectivity index (χ3n) is 13.8. The Hall–Kier alpha value is -0.990. The second kappa shape index (κ2) is 8.03. The highest BCUT2D eigenvalue weighted by Crippen LogP contribution is 2.76. The van der Waals surface area contributed by atoms with Crippen LogP contribution >= 0.6 is 0 Å². The van der Waals surface area contributed by atoms with Gasteiger partial charge in [-0.05, 0) is 80.5 Å². The third kappa shape index (κ3) is 2.99. The van der Waals surface area contributed by atoms with E-state index in [1.54, 1.807) is 0 Å². The Morgan fingerprint density at radius 3 is 2.19 bits per heavy atom. The fraction of sp³-hybridized carbons (Fsp3) is 0.900. The van der Waals surface area contributed by atoms with E-state index in [0.29, 0.717) is 38.5 Å². The van der Waals surface area contributed by atoms with E-state index in [2.05, 4.69) is 19.9 Å². The fourth-order valence-corrected chi connectivity index (χ4v) is 10.9. The van der Waals surface area contributed by atoms with Gasteiger partial charge in [0.25, 0.3) is 0 Å². The monoisotopic (exact) mass is 520 g/mol. The lowest BCUT2D eigenvalue weighted by atomic mass is 9.32. The molecule has 0 saturated heterocycles. The predicted molar refractivity (Wildman–Crippen MR) is 138 cm³/mol. The van der Waals surface area contributed by atoms with E-state index in [-0.39, 0.29) is 35.2 Å². The summed E-state index contributed by atoms with van der Waals surface area (Å²) in [6.45, 7) is 11.9. The van der Waals surface area contributed by atoms with Crippen molar-refractivity contribution in [1.82, 2.24) is 0 Å².